The van der Waals surface area contributed by atoms with Crippen LogP contribution < -0.4 is 10.7 Å². The molecule has 400 valence electrons. The van der Waals surface area contributed by atoms with Gasteiger partial charge in [0.05, 0.1) is 35.7 Å². The Labute approximate surface area is 458 Å². The second kappa shape index (κ2) is 26.5. The van der Waals surface area contributed by atoms with E-state index in [-0.39, 0.29) is 118 Å². The Morgan fingerprint density at radius 1 is 1.08 bits per heavy atom. The maximum Gasteiger partial charge on any atom is 0.406 e. The summed E-state index contributed by atoms with van der Waals surface area (Å²) in [6.07, 6.45) is -0.999. The van der Waals surface area contributed by atoms with Crippen LogP contribution in [-0.4, -0.2) is 124 Å². The van der Waals surface area contributed by atoms with Gasteiger partial charge in [-0.05, 0) is 80.5 Å². The van der Waals surface area contributed by atoms with Crippen molar-refractivity contribution < 1.29 is 46.6 Å². The number of benzene rings is 1. The van der Waals surface area contributed by atoms with E-state index in [0.29, 0.717) is 75.5 Å². The molecule has 0 radical (unpaired) electrons. The minimum absolute atomic E-state index is 0. The topological polar surface area (TPSA) is 168 Å². The van der Waals surface area contributed by atoms with Gasteiger partial charge in [-0.25, -0.2) is 10.4 Å². The Kier molecular flexibility index (Phi) is 23.7. The summed E-state index contributed by atoms with van der Waals surface area (Å²) in [6, 6.07) is 5.53. The van der Waals surface area contributed by atoms with Crippen molar-refractivity contribution in [2.24, 2.45) is 17.3 Å². The van der Waals surface area contributed by atoms with Crippen LogP contribution in [0.5, 0.6) is 0 Å². The zero-order valence-corrected chi connectivity index (χ0v) is 47.3. The van der Waals surface area contributed by atoms with Crippen molar-refractivity contribution in [3.63, 3.8) is 0 Å². The van der Waals surface area contributed by atoms with Gasteiger partial charge in [0.2, 0.25) is 17.7 Å². The van der Waals surface area contributed by atoms with Gasteiger partial charge in [0.1, 0.15) is 29.7 Å². The van der Waals surface area contributed by atoms with Gasteiger partial charge in [0, 0.05) is 79.2 Å². The van der Waals surface area contributed by atoms with E-state index in [1.807, 2.05) is 19.9 Å². The molecule has 5 atom stereocenters. The first-order valence-corrected chi connectivity index (χ1v) is 23.5. The number of esters is 1. The van der Waals surface area contributed by atoms with Crippen LogP contribution in [0.1, 0.15) is 76.9 Å². The molecule has 6 bridgehead atoms. The number of aromatic nitrogens is 3. The third kappa shape index (κ3) is 14.3. The maximum atomic E-state index is 14.6. The van der Waals surface area contributed by atoms with Gasteiger partial charge >= 0.3 is 12.1 Å². The number of carbonyl (C=O) groups is 5. The molecular formula is C48H69F3N8O7S6. The highest BCUT2D eigenvalue weighted by Crippen LogP contribution is 2.43. The van der Waals surface area contributed by atoms with Crippen LogP contribution in [0.4, 0.5) is 13.2 Å². The van der Waals surface area contributed by atoms with E-state index in [2.05, 4.69) is 22.3 Å². The molecule has 3 aliphatic heterocycles. The summed E-state index contributed by atoms with van der Waals surface area (Å²) >= 11 is 1.29. The van der Waals surface area contributed by atoms with E-state index in [1.165, 1.54) is 39.0 Å². The normalized spacial score (nSPS) is 19.7. The molecule has 2 saturated heterocycles. The van der Waals surface area contributed by atoms with Crippen molar-refractivity contribution >= 4 is 119 Å². The molecule has 0 saturated carbocycles. The quantitative estimate of drug-likeness (QED) is 0.127. The second-order valence-electron chi connectivity index (χ2n) is 18.9. The third-order valence-electron chi connectivity index (χ3n) is 12.9. The number of hydrogen-bond acceptors (Lipinski definition) is 11. The number of rotatable bonds is 10. The Hall–Kier alpha value is -3.91. The van der Waals surface area contributed by atoms with Crippen molar-refractivity contribution in [3.05, 3.63) is 71.5 Å². The van der Waals surface area contributed by atoms with Gasteiger partial charge in [-0.3, -0.25) is 34.0 Å². The minimum atomic E-state index is -4.59. The average molecular weight is 1120 g/mol. The highest BCUT2D eigenvalue weighted by molar-refractivity contribution is 7.60. The lowest BCUT2D eigenvalue weighted by molar-refractivity contribution is -0.155. The standard InChI is InChI=1S/C48H59F3N8O7S.5H2S/c1-9-38(60)57-19-16-30(23-57)44(62)56(7)40(27(2)3)42(61)54-36-21-31-24-67-43(53-31)29-14-15-37-33(20-29)34(22-47(5,6)26-66-46(64)35-13-11-18-59(55-35)45(36)63)41(58(37)25-48(49,50)51)32-12-10-17-52-39(32)28(4)65-8;;;;;/h9-10,12,14-15,17,20,24,27-28,30,35-36,40,55H,1,11,13,16,18-19,21-23,25-26H2,2-8H3,(H,54,61);5*1H2/t28-,30-,35-,36-,40-;;;;;/m0...../s1. The molecule has 4 amide bonds. The first-order valence-electron chi connectivity index (χ1n) is 22.6. The number of hydrogen-bond donors (Lipinski definition) is 2. The number of methoxy groups -OCH3 is 1. The number of fused-ring (bicyclic) bond motifs is 6. The number of nitrogens with one attached hydrogen (secondary N) is 2. The molecule has 0 aliphatic carbocycles. The molecule has 6 heterocycles. The fourth-order valence-corrected chi connectivity index (χ4v) is 10.3. The first kappa shape index (κ1) is 64.2. The van der Waals surface area contributed by atoms with Crippen molar-refractivity contribution in [2.45, 2.75) is 104 Å². The predicted octanol–water partition coefficient (Wildman–Crippen LogP) is 6.83. The molecular weight excluding hydrogens is 1050 g/mol. The number of hydrazine groups is 1. The summed E-state index contributed by atoms with van der Waals surface area (Å²) in [5.74, 6) is -3.17. The number of amides is 4. The molecule has 1 aromatic carbocycles. The number of thiazole rings is 1. The molecule has 2 fully saturated rings. The number of ether oxygens (including phenoxy) is 2. The number of halogens is 3. The maximum absolute atomic E-state index is 14.6. The Morgan fingerprint density at radius 2 is 1.79 bits per heavy atom. The van der Waals surface area contributed by atoms with E-state index in [9.17, 15) is 37.1 Å². The molecule has 3 aliphatic rings. The summed E-state index contributed by atoms with van der Waals surface area (Å²) in [4.78, 5) is 81.4. The van der Waals surface area contributed by atoms with Crippen LogP contribution in [0.2, 0.25) is 0 Å². The van der Waals surface area contributed by atoms with Crippen LogP contribution in [-0.2, 0) is 52.8 Å². The average Bonchev–Trinajstić information content (AvgIpc) is 4.05. The zero-order valence-electron chi connectivity index (χ0n) is 41.4. The van der Waals surface area contributed by atoms with E-state index >= 15 is 0 Å². The van der Waals surface area contributed by atoms with Crippen molar-refractivity contribution in [1.29, 1.82) is 0 Å². The Morgan fingerprint density at radius 3 is 2.44 bits per heavy atom. The molecule has 72 heavy (non-hydrogen) atoms. The summed E-state index contributed by atoms with van der Waals surface area (Å²) in [5, 5.41) is 7.12. The van der Waals surface area contributed by atoms with Crippen LogP contribution in [0.3, 0.4) is 0 Å². The van der Waals surface area contributed by atoms with Gasteiger partial charge in [0.25, 0.3) is 5.91 Å². The second-order valence-corrected chi connectivity index (χ2v) is 19.7. The molecule has 3 aromatic heterocycles. The molecule has 0 spiro atoms. The van der Waals surface area contributed by atoms with Gasteiger partial charge in [-0.2, -0.15) is 80.6 Å². The van der Waals surface area contributed by atoms with E-state index < -0.39 is 66.1 Å². The summed E-state index contributed by atoms with van der Waals surface area (Å²) < 4.78 is 56.8. The number of carbonyl (C=O) groups excluding carboxylic acids is 5. The fraction of sp³-hybridized carbons (Fsp3) is 0.521. The van der Waals surface area contributed by atoms with Crippen molar-refractivity contribution in [2.75, 3.05) is 40.4 Å². The Bertz CT molecular complexity index is 2560. The lowest BCUT2D eigenvalue weighted by Gasteiger charge is -2.37. The van der Waals surface area contributed by atoms with Gasteiger partial charge in [-0.1, -0.05) is 34.3 Å². The molecule has 4 aromatic rings. The SMILES string of the molecule is C=CC(=O)N1CC[C@H](C(=O)N(C)[C@H](C(=O)N[C@H]2Cc3csc(n3)-c3ccc4c(c3)c(c(-c3cccnc3[C@H](C)OC)n4CC(F)(F)F)CC(C)(C)COC(=O)[C@@H]3CCCN(N3)C2=O)C(C)C)C1.S.S.S.S.S. The minimum Gasteiger partial charge on any atom is -0.464 e. The van der Waals surface area contributed by atoms with E-state index in [1.54, 1.807) is 68.6 Å². The van der Waals surface area contributed by atoms with Gasteiger partial charge in [-0.15, -0.1) is 11.3 Å². The van der Waals surface area contributed by atoms with Crippen LogP contribution in [0, 0.1) is 17.3 Å². The van der Waals surface area contributed by atoms with Crippen molar-refractivity contribution in [3.8, 4) is 21.8 Å². The molecule has 2 N–H and O–H groups in total. The van der Waals surface area contributed by atoms with Crippen LogP contribution in [0.15, 0.2) is 54.6 Å². The third-order valence-corrected chi connectivity index (χ3v) is 13.8. The van der Waals surface area contributed by atoms with Gasteiger partial charge in [0.15, 0.2) is 0 Å². The summed E-state index contributed by atoms with van der Waals surface area (Å²) in [7, 11) is 3.06. The largest absolute Gasteiger partial charge is 0.464 e. The number of cyclic esters (lactones) is 1. The smallest absolute Gasteiger partial charge is 0.406 e. The highest BCUT2D eigenvalue weighted by atomic mass is 32.1. The van der Waals surface area contributed by atoms with E-state index in [4.69, 9.17) is 14.5 Å². The van der Waals surface area contributed by atoms with Crippen molar-refractivity contribution in [1.82, 2.24) is 40.1 Å². The summed E-state index contributed by atoms with van der Waals surface area (Å²) in [5.41, 5.74) is 5.52. The zero-order chi connectivity index (χ0) is 48.5. The van der Waals surface area contributed by atoms with E-state index in [0.717, 1.165) is 0 Å². The molecule has 0 unspecified atom stereocenters. The first-order chi connectivity index (χ1) is 31.7. The number of pyridine rings is 1. The lowest BCUT2D eigenvalue weighted by atomic mass is 9.84. The summed E-state index contributed by atoms with van der Waals surface area (Å²) in [6.45, 7) is 12.1. The Balaban J connectivity index is 0.00000355. The highest BCUT2D eigenvalue weighted by Gasteiger charge is 2.41. The van der Waals surface area contributed by atoms with Gasteiger partial charge < -0.3 is 29.2 Å². The lowest BCUT2D eigenvalue weighted by Crippen LogP contribution is -2.62. The number of alkyl halides is 3. The van der Waals surface area contributed by atoms with Crippen LogP contribution in [0.25, 0.3) is 32.7 Å². The molecule has 15 nitrogen and oxygen atoms in total. The predicted molar refractivity (Wildman–Crippen MR) is 298 cm³/mol. The fourth-order valence-electron chi connectivity index (χ4n) is 9.48. The number of nitrogens with zero attached hydrogens (tertiary/aromatic N) is 6. The molecule has 24 heteroatoms. The van der Waals surface area contributed by atoms with Crippen LogP contribution >= 0.6 is 78.8 Å². The number of likely N-dealkylation sites (tertiary alicyclic amines) is 1. The number of likely N-dealkylation sites (N-methyl/N-ethyl adjacent to an activating group) is 1. The molecule has 7 rings (SSSR count). The monoisotopic (exact) mass is 1120 g/mol.